The van der Waals surface area contributed by atoms with E-state index in [1.54, 1.807) is 0 Å². The molecule has 2 fully saturated rings. The van der Waals surface area contributed by atoms with Crippen LogP contribution in [0.3, 0.4) is 0 Å². The maximum absolute atomic E-state index is 12.0. The van der Waals surface area contributed by atoms with Crippen molar-refractivity contribution in [3.63, 3.8) is 0 Å². The Morgan fingerprint density at radius 1 is 1.39 bits per heavy atom. The predicted molar refractivity (Wildman–Crippen MR) is 65.2 cm³/mol. The van der Waals surface area contributed by atoms with Crippen LogP contribution in [0.2, 0.25) is 0 Å². The highest BCUT2D eigenvalue weighted by atomic mass is 16.2. The second-order valence-electron chi connectivity index (χ2n) is 4.64. The van der Waals surface area contributed by atoms with Gasteiger partial charge in [0.25, 0.3) is 0 Å². The topological polar surface area (TPSA) is 78.8 Å². The normalized spacial score (nSPS) is 24.8. The second kappa shape index (κ2) is 5.29. The summed E-state index contributed by atoms with van der Waals surface area (Å²) in [5.74, 6) is -1.97. The summed E-state index contributed by atoms with van der Waals surface area (Å²) in [6, 6.07) is -0.359. The zero-order valence-corrected chi connectivity index (χ0v) is 10.4. The minimum absolute atomic E-state index is 0.257. The maximum Gasteiger partial charge on any atom is 0.330 e. The fourth-order valence-electron chi connectivity index (χ4n) is 1.72. The van der Waals surface area contributed by atoms with E-state index in [0.717, 1.165) is 30.6 Å². The van der Waals surface area contributed by atoms with Crippen LogP contribution in [-0.4, -0.2) is 41.5 Å². The highest BCUT2D eigenvalue weighted by molar-refractivity contribution is 6.23. The van der Waals surface area contributed by atoms with E-state index in [9.17, 15) is 14.4 Å². The van der Waals surface area contributed by atoms with Crippen LogP contribution in [0.4, 0.5) is 4.79 Å². The van der Waals surface area contributed by atoms with Crippen molar-refractivity contribution in [3.05, 3.63) is 0 Å². The second-order valence-corrected chi connectivity index (χ2v) is 4.64. The zero-order chi connectivity index (χ0) is 13.1. The van der Waals surface area contributed by atoms with E-state index in [0.29, 0.717) is 6.54 Å². The lowest BCUT2D eigenvalue weighted by Crippen LogP contribution is -2.58. The first-order valence-electron chi connectivity index (χ1n) is 6.33. The Labute approximate surface area is 105 Å². The SMILES string of the molecule is CCCCN1C(=O)NC(=O)[C@H](C=NC2CC2)C1=O. The number of nitrogens with zero attached hydrogens (tertiary/aromatic N) is 2. The van der Waals surface area contributed by atoms with E-state index in [1.165, 1.54) is 6.21 Å². The van der Waals surface area contributed by atoms with Gasteiger partial charge in [0, 0.05) is 18.8 Å². The summed E-state index contributed by atoms with van der Waals surface area (Å²) in [5.41, 5.74) is 0. The van der Waals surface area contributed by atoms with Crippen LogP contribution in [-0.2, 0) is 9.59 Å². The molecule has 0 unspecified atom stereocenters. The number of carbonyl (C=O) groups excluding carboxylic acids is 3. The average Bonchev–Trinajstić information content (AvgIpc) is 3.12. The molecule has 1 heterocycles. The summed E-state index contributed by atoms with van der Waals surface area (Å²) in [5, 5.41) is 2.20. The number of urea groups is 1. The van der Waals surface area contributed by atoms with Gasteiger partial charge in [-0.25, -0.2) is 4.79 Å². The van der Waals surface area contributed by atoms with Crippen molar-refractivity contribution in [2.24, 2.45) is 10.9 Å². The number of barbiturate groups is 1. The van der Waals surface area contributed by atoms with Gasteiger partial charge in [-0.1, -0.05) is 13.3 Å². The molecule has 6 heteroatoms. The van der Waals surface area contributed by atoms with E-state index in [1.807, 2.05) is 6.92 Å². The van der Waals surface area contributed by atoms with Crippen LogP contribution in [0.25, 0.3) is 0 Å². The van der Waals surface area contributed by atoms with Gasteiger partial charge in [0.2, 0.25) is 11.8 Å². The van der Waals surface area contributed by atoms with Gasteiger partial charge in [-0.15, -0.1) is 0 Å². The van der Waals surface area contributed by atoms with Gasteiger partial charge in [-0.3, -0.25) is 24.8 Å². The van der Waals surface area contributed by atoms with Gasteiger partial charge in [-0.2, -0.15) is 0 Å². The number of hydrogen-bond acceptors (Lipinski definition) is 4. The third-order valence-electron chi connectivity index (χ3n) is 3.02. The molecule has 0 aromatic rings. The molecule has 6 nitrogen and oxygen atoms in total. The summed E-state index contributed by atoms with van der Waals surface area (Å²) in [4.78, 5) is 40.4. The number of aliphatic imine (C=N–C) groups is 1. The molecule has 1 aliphatic carbocycles. The number of nitrogens with one attached hydrogen (secondary N) is 1. The molecular formula is C12H17N3O3. The molecule has 0 spiro atoms. The van der Waals surface area contributed by atoms with Crippen molar-refractivity contribution in [2.45, 2.75) is 38.6 Å². The van der Waals surface area contributed by atoms with E-state index < -0.39 is 23.8 Å². The molecule has 0 bridgehead atoms. The maximum atomic E-state index is 12.0. The van der Waals surface area contributed by atoms with Crippen molar-refractivity contribution in [1.82, 2.24) is 10.2 Å². The Morgan fingerprint density at radius 3 is 2.72 bits per heavy atom. The first-order valence-corrected chi connectivity index (χ1v) is 6.33. The van der Waals surface area contributed by atoms with Crippen LogP contribution in [0.1, 0.15) is 32.6 Å². The first kappa shape index (κ1) is 12.7. The van der Waals surface area contributed by atoms with E-state index in [-0.39, 0.29) is 6.04 Å². The van der Waals surface area contributed by atoms with Gasteiger partial charge >= 0.3 is 6.03 Å². The molecule has 1 N–H and O–H groups in total. The molecular weight excluding hydrogens is 234 g/mol. The number of rotatable bonds is 5. The lowest BCUT2D eigenvalue weighted by molar-refractivity contribution is -0.139. The highest BCUT2D eigenvalue weighted by Crippen LogP contribution is 2.23. The van der Waals surface area contributed by atoms with Gasteiger partial charge < -0.3 is 0 Å². The molecule has 2 aliphatic rings. The molecule has 2 rings (SSSR count). The summed E-state index contributed by atoms with van der Waals surface area (Å²) < 4.78 is 0. The Bertz CT molecular complexity index is 401. The molecule has 1 saturated heterocycles. The van der Waals surface area contributed by atoms with E-state index >= 15 is 0 Å². The van der Waals surface area contributed by atoms with Gasteiger partial charge in [-0.05, 0) is 19.3 Å². The number of imide groups is 2. The number of hydrogen-bond donors (Lipinski definition) is 1. The number of amides is 4. The summed E-state index contributed by atoms with van der Waals surface area (Å²) in [7, 11) is 0. The van der Waals surface area contributed by atoms with Crippen molar-refractivity contribution in [3.8, 4) is 0 Å². The summed E-state index contributed by atoms with van der Waals surface area (Å²) in [6.45, 7) is 2.33. The summed E-state index contributed by atoms with van der Waals surface area (Å²) >= 11 is 0. The quantitative estimate of drug-likeness (QED) is 0.577. The van der Waals surface area contributed by atoms with Crippen LogP contribution in [0.5, 0.6) is 0 Å². The Balaban J connectivity index is 2.05. The highest BCUT2D eigenvalue weighted by Gasteiger charge is 2.39. The van der Waals surface area contributed by atoms with E-state index in [2.05, 4.69) is 10.3 Å². The average molecular weight is 251 g/mol. The van der Waals surface area contributed by atoms with Crippen molar-refractivity contribution in [1.29, 1.82) is 0 Å². The number of unbranched alkanes of at least 4 members (excludes halogenated alkanes) is 1. The molecule has 1 saturated carbocycles. The zero-order valence-electron chi connectivity index (χ0n) is 10.4. The van der Waals surface area contributed by atoms with Crippen molar-refractivity contribution < 1.29 is 14.4 Å². The molecule has 1 aliphatic heterocycles. The molecule has 1 atom stereocenters. The molecule has 0 aromatic carbocycles. The van der Waals surface area contributed by atoms with Crippen LogP contribution in [0, 0.1) is 5.92 Å². The first-order chi connectivity index (χ1) is 8.63. The lowest BCUT2D eigenvalue weighted by atomic mass is 10.1. The fraction of sp³-hybridized carbons (Fsp3) is 0.667. The predicted octanol–water partition coefficient (Wildman–Crippen LogP) is 0.714. The third kappa shape index (κ3) is 2.75. The molecule has 18 heavy (non-hydrogen) atoms. The molecule has 0 radical (unpaired) electrons. The third-order valence-corrected chi connectivity index (χ3v) is 3.02. The number of carbonyl (C=O) groups is 3. The lowest BCUT2D eigenvalue weighted by Gasteiger charge is -2.28. The monoisotopic (exact) mass is 251 g/mol. The van der Waals surface area contributed by atoms with Crippen LogP contribution < -0.4 is 5.32 Å². The van der Waals surface area contributed by atoms with Gasteiger partial charge in [0.1, 0.15) is 0 Å². The smallest absolute Gasteiger partial charge is 0.293 e. The Morgan fingerprint density at radius 2 is 2.11 bits per heavy atom. The largest absolute Gasteiger partial charge is 0.330 e. The minimum Gasteiger partial charge on any atom is -0.293 e. The van der Waals surface area contributed by atoms with Gasteiger partial charge in [0.15, 0.2) is 5.92 Å². The van der Waals surface area contributed by atoms with Crippen LogP contribution >= 0.6 is 0 Å². The minimum atomic E-state index is -0.944. The van der Waals surface area contributed by atoms with Crippen molar-refractivity contribution >= 4 is 24.1 Å². The van der Waals surface area contributed by atoms with E-state index in [4.69, 9.17) is 0 Å². The Hall–Kier alpha value is -1.72. The molecule has 4 amide bonds. The van der Waals surface area contributed by atoms with Crippen molar-refractivity contribution in [2.75, 3.05) is 6.54 Å². The standard InChI is InChI=1S/C12H17N3O3/c1-2-3-6-15-11(17)9(7-13-8-4-5-8)10(16)14-12(15)18/h7-9H,2-6H2,1H3,(H,14,16,18)/t9-/m0/s1. The van der Waals surface area contributed by atoms with Crippen LogP contribution in [0.15, 0.2) is 4.99 Å². The Kier molecular flexibility index (Phi) is 3.74. The summed E-state index contributed by atoms with van der Waals surface area (Å²) in [6.07, 6.45) is 5.03. The fourth-order valence-corrected chi connectivity index (χ4v) is 1.72. The van der Waals surface area contributed by atoms with Gasteiger partial charge in [0.05, 0.1) is 0 Å². The molecule has 0 aromatic heterocycles. The molecule has 98 valence electrons.